The second-order valence-corrected chi connectivity index (χ2v) is 4.95. The number of hydrogen-bond acceptors (Lipinski definition) is 1. The molecule has 0 amide bonds. The Hall–Kier alpha value is -2.55. The quantitative estimate of drug-likeness (QED) is 0.699. The summed E-state index contributed by atoms with van der Waals surface area (Å²) in [5.74, 6) is -0.208. The Morgan fingerprint density at radius 1 is 0.900 bits per heavy atom. The van der Waals surface area contributed by atoms with E-state index in [4.69, 9.17) is 0 Å². The van der Waals surface area contributed by atoms with Crippen LogP contribution in [0.2, 0.25) is 0 Å². The zero-order valence-corrected chi connectivity index (χ0v) is 10.8. The van der Waals surface area contributed by atoms with Crippen molar-refractivity contribution >= 4 is 5.69 Å². The number of fused-ring (bicyclic) bond motifs is 3. The maximum atomic E-state index is 13.1. The van der Waals surface area contributed by atoms with E-state index < -0.39 is 0 Å². The molecule has 0 fully saturated rings. The first-order valence-corrected chi connectivity index (χ1v) is 6.61. The van der Waals surface area contributed by atoms with Crippen molar-refractivity contribution in [2.45, 2.75) is 6.04 Å². The molecule has 0 aliphatic carbocycles. The summed E-state index contributed by atoms with van der Waals surface area (Å²) in [5.41, 5.74) is 4.45. The lowest BCUT2D eigenvalue weighted by Gasteiger charge is -2.29. The van der Waals surface area contributed by atoms with Crippen molar-refractivity contribution in [3.8, 4) is 5.69 Å². The molecule has 2 heterocycles. The summed E-state index contributed by atoms with van der Waals surface area (Å²) < 4.78 is 15.3. The van der Waals surface area contributed by atoms with Crippen LogP contribution >= 0.6 is 0 Å². The number of para-hydroxylation sites is 2. The maximum absolute atomic E-state index is 13.1. The van der Waals surface area contributed by atoms with Crippen molar-refractivity contribution in [2.24, 2.45) is 0 Å². The van der Waals surface area contributed by atoms with Crippen molar-refractivity contribution in [1.82, 2.24) is 4.57 Å². The number of hydrogen-bond donors (Lipinski definition) is 1. The largest absolute Gasteiger partial charge is 0.371 e. The van der Waals surface area contributed by atoms with E-state index in [-0.39, 0.29) is 11.9 Å². The van der Waals surface area contributed by atoms with Crippen LogP contribution in [0.15, 0.2) is 66.9 Å². The van der Waals surface area contributed by atoms with Crippen LogP contribution in [-0.2, 0) is 0 Å². The van der Waals surface area contributed by atoms with Crippen LogP contribution < -0.4 is 5.32 Å². The highest BCUT2D eigenvalue weighted by Crippen LogP contribution is 2.36. The van der Waals surface area contributed by atoms with E-state index in [1.165, 1.54) is 12.1 Å². The first-order chi connectivity index (χ1) is 9.83. The molecule has 1 aromatic heterocycles. The molecule has 1 atom stereocenters. The number of halogens is 1. The van der Waals surface area contributed by atoms with Crippen LogP contribution in [0.3, 0.4) is 0 Å². The predicted molar refractivity (Wildman–Crippen MR) is 77.6 cm³/mol. The minimum atomic E-state index is -0.208. The molecule has 0 bridgehead atoms. The third-order valence-corrected chi connectivity index (χ3v) is 3.74. The lowest BCUT2D eigenvalue weighted by Crippen LogP contribution is -2.21. The zero-order valence-electron chi connectivity index (χ0n) is 10.8. The van der Waals surface area contributed by atoms with E-state index in [9.17, 15) is 4.39 Å². The maximum Gasteiger partial charge on any atom is 0.123 e. The number of nitrogens with zero attached hydrogens (tertiary/aromatic N) is 1. The van der Waals surface area contributed by atoms with E-state index in [2.05, 4.69) is 34.3 Å². The van der Waals surface area contributed by atoms with E-state index >= 15 is 0 Å². The standard InChI is InChI=1S/C17H13FN2/c18-13-9-7-12(8-10-13)17-16-6-3-11-20(16)15-5-2-1-4-14(15)19-17/h1-11,17,19H/t17-/m0/s1. The van der Waals surface area contributed by atoms with Gasteiger partial charge in [-0.05, 0) is 42.0 Å². The molecule has 0 saturated heterocycles. The van der Waals surface area contributed by atoms with Gasteiger partial charge in [-0.3, -0.25) is 0 Å². The van der Waals surface area contributed by atoms with Gasteiger partial charge in [-0.2, -0.15) is 0 Å². The van der Waals surface area contributed by atoms with Crippen LogP contribution in [-0.4, -0.2) is 4.57 Å². The van der Waals surface area contributed by atoms with Gasteiger partial charge >= 0.3 is 0 Å². The number of rotatable bonds is 1. The van der Waals surface area contributed by atoms with E-state index in [1.54, 1.807) is 0 Å². The third kappa shape index (κ3) is 1.63. The molecule has 0 unspecified atom stereocenters. The van der Waals surface area contributed by atoms with Crippen molar-refractivity contribution in [3.05, 3.63) is 83.9 Å². The average molecular weight is 264 g/mol. The Morgan fingerprint density at radius 3 is 2.55 bits per heavy atom. The smallest absolute Gasteiger partial charge is 0.123 e. The molecular formula is C17H13FN2. The summed E-state index contributed by atoms with van der Waals surface area (Å²) in [4.78, 5) is 0. The third-order valence-electron chi connectivity index (χ3n) is 3.74. The molecule has 2 nitrogen and oxygen atoms in total. The lowest BCUT2D eigenvalue weighted by atomic mass is 10.0. The van der Waals surface area contributed by atoms with Crippen molar-refractivity contribution < 1.29 is 4.39 Å². The summed E-state index contributed by atoms with van der Waals surface area (Å²) in [7, 11) is 0. The molecule has 3 heteroatoms. The van der Waals surface area contributed by atoms with Crippen LogP contribution in [0.1, 0.15) is 17.3 Å². The number of anilines is 1. The Balaban J connectivity index is 1.87. The number of benzene rings is 2. The van der Waals surface area contributed by atoms with Crippen LogP contribution in [0.5, 0.6) is 0 Å². The van der Waals surface area contributed by atoms with Gasteiger partial charge in [0.2, 0.25) is 0 Å². The van der Waals surface area contributed by atoms with E-state index in [0.717, 1.165) is 22.6 Å². The SMILES string of the molecule is Fc1ccc([C@@H]2Nc3ccccc3-n3cccc32)cc1. The highest BCUT2D eigenvalue weighted by atomic mass is 19.1. The fourth-order valence-corrected chi connectivity index (χ4v) is 2.79. The Kier molecular flexibility index (Phi) is 2.39. The Morgan fingerprint density at radius 2 is 1.70 bits per heavy atom. The van der Waals surface area contributed by atoms with Gasteiger partial charge in [-0.15, -0.1) is 0 Å². The summed E-state index contributed by atoms with van der Waals surface area (Å²) in [5, 5.41) is 3.53. The lowest BCUT2D eigenvalue weighted by molar-refractivity contribution is 0.626. The van der Waals surface area contributed by atoms with Gasteiger partial charge in [0.25, 0.3) is 0 Å². The Labute approximate surface area is 116 Å². The summed E-state index contributed by atoms with van der Waals surface area (Å²) >= 11 is 0. The van der Waals surface area contributed by atoms with Crippen LogP contribution in [0, 0.1) is 5.82 Å². The van der Waals surface area contributed by atoms with Crippen molar-refractivity contribution in [1.29, 1.82) is 0 Å². The topological polar surface area (TPSA) is 17.0 Å². The molecule has 98 valence electrons. The van der Waals surface area contributed by atoms with Crippen molar-refractivity contribution in [3.63, 3.8) is 0 Å². The highest BCUT2D eigenvalue weighted by molar-refractivity contribution is 5.66. The van der Waals surface area contributed by atoms with E-state index in [1.807, 2.05) is 30.3 Å². The van der Waals surface area contributed by atoms with Crippen LogP contribution in [0.25, 0.3) is 5.69 Å². The fraction of sp³-hybridized carbons (Fsp3) is 0.0588. The van der Waals surface area contributed by atoms with Gasteiger partial charge in [-0.1, -0.05) is 24.3 Å². The van der Waals surface area contributed by atoms with Gasteiger partial charge in [-0.25, -0.2) is 4.39 Å². The zero-order chi connectivity index (χ0) is 13.5. The second kappa shape index (κ2) is 4.23. The Bertz CT molecular complexity index is 759. The first-order valence-electron chi connectivity index (χ1n) is 6.61. The monoisotopic (exact) mass is 264 g/mol. The van der Waals surface area contributed by atoms with Gasteiger partial charge < -0.3 is 9.88 Å². The summed E-state index contributed by atoms with van der Waals surface area (Å²) in [6.07, 6.45) is 2.06. The molecule has 20 heavy (non-hydrogen) atoms. The molecule has 0 spiro atoms. The molecule has 2 aromatic carbocycles. The first kappa shape index (κ1) is 11.3. The predicted octanol–water partition coefficient (Wildman–Crippen LogP) is 4.13. The number of aromatic nitrogens is 1. The van der Waals surface area contributed by atoms with Crippen LogP contribution in [0.4, 0.5) is 10.1 Å². The molecular weight excluding hydrogens is 251 g/mol. The second-order valence-electron chi connectivity index (χ2n) is 4.95. The minimum absolute atomic E-state index is 0.0421. The molecule has 0 radical (unpaired) electrons. The fourth-order valence-electron chi connectivity index (χ4n) is 2.79. The van der Waals surface area contributed by atoms with Gasteiger partial charge in [0.05, 0.1) is 17.4 Å². The summed E-state index contributed by atoms with van der Waals surface area (Å²) in [6.45, 7) is 0. The van der Waals surface area contributed by atoms with Gasteiger partial charge in [0, 0.05) is 11.9 Å². The molecule has 1 aliphatic heterocycles. The molecule has 1 N–H and O–H groups in total. The van der Waals surface area contributed by atoms with Crippen molar-refractivity contribution in [2.75, 3.05) is 5.32 Å². The van der Waals surface area contributed by atoms with Gasteiger partial charge in [0.1, 0.15) is 5.82 Å². The molecule has 1 aliphatic rings. The highest BCUT2D eigenvalue weighted by Gasteiger charge is 2.24. The van der Waals surface area contributed by atoms with E-state index in [0.29, 0.717) is 0 Å². The van der Waals surface area contributed by atoms with Gasteiger partial charge in [0.15, 0.2) is 0 Å². The molecule has 0 saturated carbocycles. The normalized spacial score (nSPS) is 16.1. The molecule has 4 rings (SSSR count). The number of nitrogens with one attached hydrogen (secondary N) is 1. The molecule has 3 aromatic rings. The summed E-state index contributed by atoms with van der Waals surface area (Å²) in [6, 6.07) is 19.0. The minimum Gasteiger partial charge on any atom is -0.371 e. The average Bonchev–Trinajstić information content (AvgIpc) is 2.97.